The van der Waals surface area contributed by atoms with Crippen LogP contribution in [0.1, 0.15) is 0 Å². The van der Waals surface area contributed by atoms with E-state index in [1.807, 2.05) is 0 Å². The second kappa shape index (κ2) is 10.2. The Morgan fingerprint density at radius 1 is 0.214 bits per heavy atom. The van der Waals surface area contributed by atoms with Gasteiger partial charge in [0.2, 0.25) is 0 Å². The Labute approximate surface area is 246 Å². The van der Waals surface area contributed by atoms with Crippen LogP contribution in [0, 0.1) is 0 Å². The summed E-state index contributed by atoms with van der Waals surface area (Å²) in [5.41, 5.74) is 9.98. The second-order valence-electron chi connectivity index (χ2n) is 10.9. The first kappa shape index (κ1) is 24.3. The van der Waals surface area contributed by atoms with Gasteiger partial charge in [-0.3, -0.25) is 0 Å². The molecule has 0 N–H and O–H groups in total. The first-order chi connectivity index (χ1) is 20.8. The third-order valence-electron chi connectivity index (χ3n) is 8.45. The molecule has 8 aromatic carbocycles. The largest absolute Gasteiger partial charge is 0.0622 e. The van der Waals surface area contributed by atoms with Crippen LogP contribution in [0.2, 0.25) is 0 Å². The predicted molar refractivity (Wildman–Crippen MR) is 181 cm³/mol. The summed E-state index contributed by atoms with van der Waals surface area (Å²) in [4.78, 5) is 0. The van der Waals surface area contributed by atoms with Crippen LogP contribution in [-0.2, 0) is 0 Å². The van der Waals surface area contributed by atoms with Crippen LogP contribution in [0.25, 0.3) is 76.8 Å². The molecule has 0 aliphatic carbocycles. The molecular formula is C42H28. The average Bonchev–Trinajstić information content (AvgIpc) is 3.07. The normalized spacial score (nSPS) is 11.3. The monoisotopic (exact) mass is 532 g/mol. The molecule has 0 aliphatic heterocycles. The molecular weight excluding hydrogens is 504 g/mol. The average molecular weight is 533 g/mol. The summed E-state index contributed by atoms with van der Waals surface area (Å²) in [6, 6.07) is 61.7. The minimum Gasteiger partial charge on any atom is -0.0622 e. The van der Waals surface area contributed by atoms with Gasteiger partial charge in [0.05, 0.1) is 0 Å². The van der Waals surface area contributed by atoms with Crippen molar-refractivity contribution in [2.24, 2.45) is 0 Å². The van der Waals surface area contributed by atoms with E-state index in [-0.39, 0.29) is 0 Å². The first-order valence-electron chi connectivity index (χ1n) is 14.5. The van der Waals surface area contributed by atoms with E-state index in [0.717, 1.165) is 0 Å². The molecule has 0 atom stereocenters. The summed E-state index contributed by atoms with van der Waals surface area (Å²) in [7, 11) is 0. The molecule has 42 heavy (non-hydrogen) atoms. The molecule has 0 unspecified atom stereocenters. The summed E-state index contributed by atoms with van der Waals surface area (Å²) < 4.78 is 0. The Bertz CT molecular complexity index is 2160. The van der Waals surface area contributed by atoms with Crippen molar-refractivity contribution in [3.8, 4) is 44.5 Å². The molecule has 0 aliphatic rings. The van der Waals surface area contributed by atoms with Gasteiger partial charge in [-0.25, -0.2) is 0 Å². The topological polar surface area (TPSA) is 0 Å². The van der Waals surface area contributed by atoms with Crippen LogP contribution in [0.4, 0.5) is 0 Å². The Balaban J connectivity index is 1.33. The Kier molecular flexibility index (Phi) is 5.90. The van der Waals surface area contributed by atoms with Crippen molar-refractivity contribution in [3.63, 3.8) is 0 Å². The molecule has 8 rings (SSSR count). The van der Waals surface area contributed by atoms with E-state index < -0.39 is 0 Å². The lowest BCUT2D eigenvalue weighted by Crippen LogP contribution is -1.91. The zero-order valence-electron chi connectivity index (χ0n) is 23.2. The molecule has 0 heterocycles. The van der Waals surface area contributed by atoms with Crippen LogP contribution in [0.5, 0.6) is 0 Å². The van der Waals surface area contributed by atoms with Crippen LogP contribution in [-0.4, -0.2) is 0 Å². The van der Waals surface area contributed by atoms with E-state index in [1.165, 1.54) is 76.8 Å². The van der Waals surface area contributed by atoms with Crippen molar-refractivity contribution >= 4 is 32.3 Å². The Hall–Kier alpha value is -5.46. The fourth-order valence-electron chi connectivity index (χ4n) is 6.43. The van der Waals surface area contributed by atoms with Gasteiger partial charge < -0.3 is 0 Å². The van der Waals surface area contributed by atoms with Gasteiger partial charge >= 0.3 is 0 Å². The zero-order chi connectivity index (χ0) is 27.9. The van der Waals surface area contributed by atoms with Crippen molar-refractivity contribution in [1.29, 1.82) is 0 Å². The molecule has 0 amide bonds. The zero-order valence-corrected chi connectivity index (χ0v) is 23.2. The van der Waals surface area contributed by atoms with E-state index in [4.69, 9.17) is 0 Å². The highest BCUT2D eigenvalue weighted by Gasteiger charge is 2.17. The van der Waals surface area contributed by atoms with Crippen LogP contribution in [0.3, 0.4) is 0 Å². The summed E-state index contributed by atoms with van der Waals surface area (Å²) in [6.45, 7) is 0. The molecule has 0 bridgehead atoms. The van der Waals surface area contributed by atoms with Crippen molar-refractivity contribution < 1.29 is 0 Å². The molecule has 0 aromatic heterocycles. The van der Waals surface area contributed by atoms with Crippen molar-refractivity contribution in [1.82, 2.24) is 0 Å². The van der Waals surface area contributed by atoms with Gasteiger partial charge in [-0.05, 0) is 89.0 Å². The van der Waals surface area contributed by atoms with Crippen molar-refractivity contribution in [2.45, 2.75) is 0 Å². The molecule has 0 heteroatoms. The van der Waals surface area contributed by atoms with Crippen LogP contribution >= 0.6 is 0 Å². The van der Waals surface area contributed by atoms with E-state index >= 15 is 0 Å². The lowest BCUT2D eigenvalue weighted by Gasteiger charge is -2.18. The molecule has 0 radical (unpaired) electrons. The van der Waals surface area contributed by atoms with Gasteiger partial charge in [-0.2, -0.15) is 0 Å². The molecule has 196 valence electrons. The maximum Gasteiger partial charge on any atom is -0.00262 e. The molecule has 0 spiro atoms. The quantitative estimate of drug-likeness (QED) is 0.198. The highest BCUT2D eigenvalue weighted by Crippen LogP contribution is 2.44. The van der Waals surface area contributed by atoms with Gasteiger partial charge in [-0.1, -0.05) is 158 Å². The minimum atomic E-state index is 1.23. The van der Waals surface area contributed by atoms with Crippen LogP contribution in [0.15, 0.2) is 170 Å². The fraction of sp³-hybridized carbons (Fsp3) is 0. The minimum absolute atomic E-state index is 1.23. The van der Waals surface area contributed by atoms with Crippen molar-refractivity contribution in [2.75, 3.05) is 0 Å². The van der Waals surface area contributed by atoms with Gasteiger partial charge in [0.15, 0.2) is 0 Å². The standard InChI is InChI=1S/C42H28/c1-2-11-29(12-3-1)31-21-24-32(25-22-31)41-37-17-6-8-19-39(37)42(40-20-9-7-18-38(40)41)36-16-10-15-34(28-36)35-26-23-30-13-4-5-14-33(30)27-35/h1-28H. The number of benzene rings is 8. The number of rotatable bonds is 4. The predicted octanol–water partition coefficient (Wildman–Crippen LogP) is 11.8. The third kappa shape index (κ3) is 4.17. The smallest absolute Gasteiger partial charge is 0.00262 e. The lowest BCUT2D eigenvalue weighted by molar-refractivity contribution is 1.61. The number of fused-ring (bicyclic) bond motifs is 3. The molecule has 8 aromatic rings. The summed E-state index contributed by atoms with van der Waals surface area (Å²) in [5.74, 6) is 0. The van der Waals surface area contributed by atoms with Gasteiger partial charge in [-0.15, -0.1) is 0 Å². The van der Waals surface area contributed by atoms with Gasteiger partial charge in [0, 0.05) is 0 Å². The van der Waals surface area contributed by atoms with Crippen molar-refractivity contribution in [3.05, 3.63) is 170 Å². The Morgan fingerprint density at radius 2 is 0.643 bits per heavy atom. The van der Waals surface area contributed by atoms with Gasteiger partial charge in [0.25, 0.3) is 0 Å². The first-order valence-corrected chi connectivity index (χ1v) is 14.5. The fourth-order valence-corrected chi connectivity index (χ4v) is 6.43. The Morgan fingerprint density at radius 3 is 1.31 bits per heavy atom. The lowest BCUT2D eigenvalue weighted by atomic mass is 9.85. The van der Waals surface area contributed by atoms with E-state index in [2.05, 4.69) is 170 Å². The summed E-state index contributed by atoms with van der Waals surface area (Å²) in [5, 5.41) is 7.62. The second-order valence-corrected chi connectivity index (χ2v) is 10.9. The maximum atomic E-state index is 2.35. The highest BCUT2D eigenvalue weighted by atomic mass is 14.2. The third-order valence-corrected chi connectivity index (χ3v) is 8.45. The maximum absolute atomic E-state index is 2.35. The highest BCUT2D eigenvalue weighted by molar-refractivity contribution is 6.21. The van der Waals surface area contributed by atoms with E-state index in [9.17, 15) is 0 Å². The van der Waals surface area contributed by atoms with Gasteiger partial charge in [0.1, 0.15) is 0 Å². The number of hydrogen-bond donors (Lipinski definition) is 0. The van der Waals surface area contributed by atoms with Crippen LogP contribution < -0.4 is 0 Å². The van der Waals surface area contributed by atoms with E-state index in [0.29, 0.717) is 0 Å². The molecule has 0 fully saturated rings. The molecule has 0 saturated heterocycles. The summed E-state index contributed by atoms with van der Waals surface area (Å²) in [6.07, 6.45) is 0. The number of hydrogen-bond acceptors (Lipinski definition) is 0. The van der Waals surface area contributed by atoms with E-state index in [1.54, 1.807) is 0 Å². The molecule has 0 saturated carbocycles. The SMILES string of the molecule is c1ccc(-c2ccc(-c3c4ccccc4c(-c4cccc(-c5ccc6ccccc6c5)c4)c4ccccc34)cc2)cc1. The molecule has 0 nitrogen and oxygen atoms in total. The summed E-state index contributed by atoms with van der Waals surface area (Å²) >= 11 is 0.